The van der Waals surface area contributed by atoms with Crippen molar-refractivity contribution in [2.45, 2.75) is 18.9 Å². The van der Waals surface area contributed by atoms with Crippen LogP contribution in [0.25, 0.3) is 22.4 Å². The van der Waals surface area contributed by atoms with Crippen molar-refractivity contribution in [2.24, 2.45) is 0 Å². The van der Waals surface area contributed by atoms with Gasteiger partial charge in [0.05, 0.1) is 23.3 Å². The van der Waals surface area contributed by atoms with Crippen LogP contribution in [0.15, 0.2) is 53.4 Å². The first kappa shape index (κ1) is 14.7. The number of aromatic amines is 1. The molecule has 0 bridgehead atoms. The first-order valence-electron chi connectivity index (χ1n) is 8.39. The van der Waals surface area contributed by atoms with Crippen molar-refractivity contribution >= 4 is 10.9 Å². The molecular weight excluding hydrogens is 328 g/mol. The molecule has 2 heterocycles. The Bertz CT molecular complexity index is 1140. The minimum absolute atomic E-state index is 0.112. The van der Waals surface area contributed by atoms with Gasteiger partial charge in [0, 0.05) is 10.9 Å². The number of H-pyrrole nitrogens is 1. The molecule has 4 aromatic rings. The number of rotatable bonds is 3. The third kappa shape index (κ3) is 2.25. The zero-order chi connectivity index (χ0) is 17.5. The van der Waals surface area contributed by atoms with Crippen LogP contribution in [0.3, 0.4) is 0 Å². The fraction of sp³-hybridized carbons (Fsp3) is 0.150. The maximum Gasteiger partial charge on any atom is 0.181 e. The third-order valence-electron chi connectivity index (χ3n) is 4.79. The molecule has 0 aliphatic heterocycles. The quantitative estimate of drug-likeness (QED) is 0.604. The van der Waals surface area contributed by atoms with E-state index in [0.717, 1.165) is 35.1 Å². The maximum absolute atomic E-state index is 9.41. The largest absolute Gasteiger partial charge is 0.486 e. The lowest BCUT2D eigenvalue weighted by molar-refractivity contribution is 0.207. The van der Waals surface area contributed by atoms with Gasteiger partial charge in [0.2, 0.25) is 0 Å². The Labute approximate surface area is 149 Å². The van der Waals surface area contributed by atoms with Crippen molar-refractivity contribution in [1.82, 2.24) is 15.2 Å². The number of aromatic nitrogens is 3. The molecule has 0 amide bonds. The van der Waals surface area contributed by atoms with Crippen LogP contribution in [-0.4, -0.2) is 15.2 Å². The predicted octanol–water partition coefficient (Wildman–Crippen LogP) is 4.16. The number of nitrogens with one attached hydrogen (secondary N) is 1. The van der Waals surface area contributed by atoms with Gasteiger partial charge in [-0.25, -0.2) is 4.98 Å². The molecule has 6 nitrogen and oxygen atoms in total. The summed E-state index contributed by atoms with van der Waals surface area (Å²) in [4.78, 5) is 3.95. The van der Waals surface area contributed by atoms with E-state index in [0.29, 0.717) is 17.0 Å². The van der Waals surface area contributed by atoms with Gasteiger partial charge in [-0.2, -0.15) is 10.4 Å². The minimum Gasteiger partial charge on any atom is -0.486 e. The van der Waals surface area contributed by atoms with E-state index >= 15 is 0 Å². The van der Waals surface area contributed by atoms with Crippen molar-refractivity contribution in [3.8, 4) is 23.3 Å². The molecule has 2 aromatic heterocycles. The number of aryl methyl sites for hydroxylation is 1. The summed E-state index contributed by atoms with van der Waals surface area (Å²) < 4.78 is 11.6. The van der Waals surface area contributed by atoms with E-state index in [1.807, 2.05) is 30.3 Å². The highest BCUT2D eigenvalue weighted by Gasteiger charge is 2.27. The molecule has 2 aromatic carbocycles. The third-order valence-corrected chi connectivity index (χ3v) is 4.79. The number of fused-ring (bicyclic) bond motifs is 2. The van der Waals surface area contributed by atoms with Gasteiger partial charge in [0.25, 0.3) is 0 Å². The number of benzene rings is 2. The van der Waals surface area contributed by atoms with Crippen molar-refractivity contribution in [3.63, 3.8) is 0 Å². The minimum atomic E-state index is -0.112. The summed E-state index contributed by atoms with van der Waals surface area (Å²) in [6.45, 7) is 0. The van der Waals surface area contributed by atoms with Crippen molar-refractivity contribution in [2.75, 3.05) is 0 Å². The Morgan fingerprint density at radius 3 is 3.08 bits per heavy atom. The van der Waals surface area contributed by atoms with Crippen LogP contribution < -0.4 is 4.74 Å². The zero-order valence-electron chi connectivity index (χ0n) is 13.8. The Balaban J connectivity index is 1.52. The summed E-state index contributed by atoms with van der Waals surface area (Å²) in [5, 5.41) is 17.6. The molecule has 0 unspecified atom stereocenters. The molecule has 126 valence electrons. The highest BCUT2D eigenvalue weighted by molar-refractivity contribution is 5.92. The van der Waals surface area contributed by atoms with Crippen LogP contribution >= 0.6 is 0 Å². The molecule has 0 spiro atoms. The maximum atomic E-state index is 9.41. The number of hydrogen-bond acceptors (Lipinski definition) is 5. The van der Waals surface area contributed by atoms with Crippen molar-refractivity contribution < 1.29 is 9.15 Å². The molecule has 0 saturated carbocycles. The molecule has 0 fully saturated rings. The number of nitrogens with zero attached hydrogens (tertiary/aromatic N) is 3. The monoisotopic (exact) mass is 342 g/mol. The van der Waals surface area contributed by atoms with E-state index in [-0.39, 0.29) is 6.10 Å². The lowest BCUT2D eigenvalue weighted by Gasteiger charge is -2.16. The first-order chi connectivity index (χ1) is 12.8. The van der Waals surface area contributed by atoms with Crippen LogP contribution in [0.1, 0.15) is 29.2 Å². The van der Waals surface area contributed by atoms with Crippen molar-refractivity contribution in [3.05, 3.63) is 65.7 Å². The Hall–Kier alpha value is -3.59. The Kier molecular flexibility index (Phi) is 3.25. The SMILES string of the molecule is N#Cc1cccc2c1[C@H](Oc1ccc3[nH]nc(-c4cnco4)c3c1)CC2. The fourth-order valence-electron chi connectivity index (χ4n) is 3.61. The van der Waals surface area contributed by atoms with Crippen molar-refractivity contribution in [1.29, 1.82) is 5.26 Å². The first-order valence-corrected chi connectivity index (χ1v) is 8.39. The summed E-state index contributed by atoms with van der Waals surface area (Å²) in [6.07, 6.45) is 4.70. The van der Waals surface area contributed by atoms with E-state index in [1.54, 1.807) is 6.20 Å². The van der Waals surface area contributed by atoms with Gasteiger partial charge in [-0.05, 0) is 42.7 Å². The van der Waals surface area contributed by atoms with Gasteiger partial charge >= 0.3 is 0 Å². The van der Waals surface area contributed by atoms with Gasteiger partial charge in [0.15, 0.2) is 12.2 Å². The van der Waals surface area contributed by atoms with Gasteiger partial charge in [-0.3, -0.25) is 5.10 Å². The fourth-order valence-corrected chi connectivity index (χ4v) is 3.61. The van der Waals surface area contributed by atoms with E-state index in [1.165, 1.54) is 12.0 Å². The smallest absolute Gasteiger partial charge is 0.181 e. The number of ether oxygens (including phenoxy) is 1. The molecule has 0 saturated heterocycles. The van der Waals surface area contributed by atoms with Crippen LogP contribution in [0, 0.1) is 11.3 Å². The van der Waals surface area contributed by atoms with Crippen LogP contribution in [-0.2, 0) is 6.42 Å². The van der Waals surface area contributed by atoms with Gasteiger partial charge in [-0.1, -0.05) is 12.1 Å². The lowest BCUT2D eigenvalue weighted by atomic mass is 10.0. The molecular formula is C20H14N4O2. The molecule has 6 heteroatoms. The molecule has 5 rings (SSSR count). The van der Waals surface area contributed by atoms with Gasteiger partial charge in [-0.15, -0.1) is 0 Å². The molecule has 1 N–H and O–H groups in total. The summed E-state index contributed by atoms with van der Waals surface area (Å²) in [7, 11) is 0. The van der Waals surface area contributed by atoms with Gasteiger partial charge < -0.3 is 9.15 Å². The highest BCUT2D eigenvalue weighted by Crippen LogP contribution is 2.38. The van der Waals surface area contributed by atoms with E-state index < -0.39 is 0 Å². The average Bonchev–Trinajstić information content (AvgIpc) is 3.40. The second-order valence-electron chi connectivity index (χ2n) is 6.28. The van der Waals surface area contributed by atoms with E-state index in [4.69, 9.17) is 9.15 Å². The summed E-state index contributed by atoms with van der Waals surface area (Å²) >= 11 is 0. The van der Waals surface area contributed by atoms with E-state index in [2.05, 4.69) is 27.3 Å². The second-order valence-corrected chi connectivity index (χ2v) is 6.28. The molecule has 1 aliphatic rings. The summed E-state index contributed by atoms with van der Waals surface area (Å²) in [5.41, 5.74) is 4.50. The topological polar surface area (TPSA) is 87.7 Å². The standard InChI is InChI=1S/C20H14N4O2/c21-9-13-3-1-2-12-4-7-17(19(12)13)26-14-5-6-16-15(8-14)20(24-23-16)18-10-22-11-25-18/h1-3,5-6,8,10-11,17H,4,7H2,(H,23,24)/t17-/m1/s1. The van der Waals surface area contributed by atoms with Gasteiger partial charge in [0.1, 0.15) is 17.5 Å². The number of nitriles is 1. The molecule has 0 radical (unpaired) electrons. The zero-order valence-corrected chi connectivity index (χ0v) is 13.8. The summed E-state index contributed by atoms with van der Waals surface area (Å²) in [5.74, 6) is 1.34. The number of oxazole rings is 1. The van der Waals surface area contributed by atoms with Crippen LogP contribution in [0.4, 0.5) is 0 Å². The second kappa shape index (κ2) is 5.74. The predicted molar refractivity (Wildman–Crippen MR) is 94.4 cm³/mol. The van der Waals surface area contributed by atoms with Crippen LogP contribution in [0.2, 0.25) is 0 Å². The lowest BCUT2D eigenvalue weighted by Crippen LogP contribution is -2.05. The summed E-state index contributed by atoms with van der Waals surface area (Å²) in [6, 6.07) is 13.9. The Morgan fingerprint density at radius 2 is 2.23 bits per heavy atom. The Morgan fingerprint density at radius 1 is 1.27 bits per heavy atom. The molecule has 1 atom stereocenters. The van der Waals surface area contributed by atoms with E-state index in [9.17, 15) is 5.26 Å². The number of hydrogen-bond donors (Lipinski definition) is 1. The highest BCUT2D eigenvalue weighted by atomic mass is 16.5. The van der Waals surface area contributed by atoms with Crippen LogP contribution in [0.5, 0.6) is 5.75 Å². The normalized spacial score (nSPS) is 15.7. The average molecular weight is 342 g/mol. The molecule has 1 aliphatic carbocycles. The molecule has 26 heavy (non-hydrogen) atoms.